The summed E-state index contributed by atoms with van der Waals surface area (Å²) in [5.41, 5.74) is 2.50. The van der Waals surface area contributed by atoms with Crippen LogP contribution in [-0.4, -0.2) is 0 Å². The minimum atomic E-state index is 1.20. The van der Waals surface area contributed by atoms with Gasteiger partial charge in [-0.1, -0.05) is 30.4 Å². The molecule has 0 atom stereocenters. The maximum absolute atomic E-state index is 3.83. The molecule has 0 fully saturated rings. The van der Waals surface area contributed by atoms with Crippen molar-refractivity contribution in [1.82, 2.24) is 0 Å². The van der Waals surface area contributed by atoms with Gasteiger partial charge in [0.1, 0.15) is 0 Å². The van der Waals surface area contributed by atoms with E-state index in [1.165, 1.54) is 20.9 Å². The second kappa shape index (κ2) is 4.97. The third-order valence-electron chi connectivity index (χ3n) is 1.84. The maximum Gasteiger partial charge on any atom is 0.0345 e. The molecule has 1 rings (SSSR count). The van der Waals surface area contributed by atoms with Crippen LogP contribution in [0.4, 0.5) is 0 Å². The van der Waals surface area contributed by atoms with Gasteiger partial charge in [0.15, 0.2) is 0 Å². The average molecular weight is 204 g/mol. The molecule has 0 nitrogen and oxygen atoms in total. The van der Waals surface area contributed by atoms with Crippen molar-refractivity contribution in [2.75, 3.05) is 0 Å². The normalized spacial score (nSPS) is 11.2. The Morgan fingerprint density at radius 3 is 2.43 bits per heavy atom. The minimum Gasteiger partial charge on any atom is -0.141 e. The van der Waals surface area contributed by atoms with Gasteiger partial charge in [-0.05, 0) is 38.5 Å². The summed E-state index contributed by atoms with van der Waals surface area (Å²) < 4.78 is 0. The van der Waals surface area contributed by atoms with E-state index in [9.17, 15) is 0 Å². The maximum atomic E-state index is 3.83. The zero-order chi connectivity index (χ0) is 10.6. The lowest BCUT2D eigenvalue weighted by atomic mass is 10.2. The monoisotopic (exact) mass is 204 g/mol. The topological polar surface area (TPSA) is 0 Å². The molecule has 0 aliphatic rings. The van der Waals surface area contributed by atoms with Gasteiger partial charge < -0.3 is 0 Å². The van der Waals surface area contributed by atoms with Gasteiger partial charge in [0, 0.05) is 9.75 Å². The molecule has 0 saturated carbocycles. The first-order valence-electron chi connectivity index (χ1n) is 4.68. The minimum absolute atomic E-state index is 1.20. The Labute approximate surface area is 90.3 Å². The first kappa shape index (κ1) is 11.0. The van der Waals surface area contributed by atoms with Crippen LogP contribution in [0.2, 0.25) is 0 Å². The summed E-state index contributed by atoms with van der Waals surface area (Å²) in [6.07, 6.45) is 6.14. The second-order valence-corrected chi connectivity index (χ2v) is 4.77. The summed E-state index contributed by atoms with van der Waals surface area (Å²) in [7, 11) is 0. The van der Waals surface area contributed by atoms with Crippen LogP contribution in [-0.2, 0) is 0 Å². The predicted molar refractivity (Wildman–Crippen MR) is 66.7 cm³/mol. The molecule has 74 valence electrons. The van der Waals surface area contributed by atoms with Crippen LogP contribution in [0.25, 0.3) is 5.57 Å². The molecule has 0 saturated heterocycles. The largest absolute Gasteiger partial charge is 0.141 e. The molecule has 1 aromatic rings. The standard InChI is InChI=1S/C13H16S/c1-5-12(8-6-10(2)3)13-9-7-11(4)14-13/h5-9H,1H2,2-4H3/b12-8+. The summed E-state index contributed by atoms with van der Waals surface area (Å²) in [5.74, 6) is 0. The van der Waals surface area contributed by atoms with Crippen molar-refractivity contribution in [3.8, 4) is 0 Å². The SMILES string of the molecule is C=C/C(=C\C=C(C)C)c1ccc(C)s1. The molecule has 1 heteroatoms. The fourth-order valence-electron chi connectivity index (χ4n) is 1.10. The molecule has 0 aliphatic heterocycles. The zero-order valence-electron chi connectivity index (χ0n) is 9.00. The Morgan fingerprint density at radius 2 is 2.00 bits per heavy atom. The molecule has 0 radical (unpaired) electrons. The molecule has 1 aromatic heterocycles. The lowest BCUT2D eigenvalue weighted by Crippen LogP contribution is -1.72. The van der Waals surface area contributed by atoms with Crippen LogP contribution in [0.5, 0.6) is 0 Å². The van der Waals surface area contributed by atoms with E-state index in [0.717, 1.165) is 0 Å². The van der Waals surface area contributed by atoms with Crippen molar-refractivity contribution < 1.29 is 0 Å². The van der Waals surface area contributed by atoms with E-state index in [-0.39, 0.29) is 0 Å². The number of hydrogen-bond acceptors (Lipinski definition) is 1. The Balaban J connectivity index is 2.98. The summed E-state index contributed by atoms with van der Waals surface area (Å²) in [5, 5.41) is 0. The highest BCUT2D eigenvalue weighted by molar-refractivity contribution is 7.13. The summed E-state index contributed by atoms with van der Waals surface area (Å²) in [6.45, 7) is 10.1. The van der Waals surface area contributed by atoms with Gasteiger partial charge in [0.05, 0.1) is 0 Å². The Bertz CT molecular complexity index is 374. The van der Waals surface area contributed by atoms with Crippen LogP contribution in [0, 0.1) is 6.92 Å². The van der Waals surface area contributed by atoms with Crippen molar-refractivity contribution in [2.24, 2.45) is 0 Å². The molecule has 0 spiro atoms. The first-order valence-corrected chi connectivity index (χ1v) is 5.49. The highest BCUT2D eigenvalue weighted by Crippen LogP contribution is 2.24. The van der Waals surface area contributed by atoms with E-state index in [4.69, 9.17) is 0 Å². The number of aryl methyl sites for hydroxylation is 1. The molecular weight excluding hydrogens is 188 g/mol. The van der Waals surface area contributed by atoms with Gasteiger partial charge >= 0.3 is 0 Å². The lowest BCUT2D eigenvalue weighted by Gasteiger charge is -1.95. The van der Waals surface area contributed by atoms with Crippen LogP contribution in [0.3, 0.4) is 0 Å². The van der Waals surface area contributed by atoms with Crippen molar-refractivity contribution >= 4 is 16.9 Å². The van der Waals surface area contributed by atoms with Crippen molar-refractivity contribution in [3.05, 3.63) is 52.3 Å². The molecule has 0 unspecified atom stereocenters. The van der Waals surface area contributed by atoms with E-state index in [1.54, 1.807) is 11.3 Å². The number of hydrogen-bond donors (Lipinski definition) is 0. The second-order valence-electron chi connectivity index (χ2n) is 3.48. The third-order valence-corrected chi connectivity index (χ3v) is 2.89. The molecule has 1 heterocycles. The first-order chi connectivity index (χ1) is 6.63. The smallest absolute Gasteiger partial charge is 0.0345 e. The van der Waals surface area contributed by atoms with E-state index < -0.39 is 0 Å². The van der Waals surface area contributed by atoms with Gasteiger partial charge in [-0.25, -0.2) is 0 Å². The quantitative estimate of drug-likeness (QED) is 0.632. The molecule has 0 aliphatic carbocycles. The van der Waals surface area contributed by atoms with E-state index >= 15 is 0 Å². The lowest BCUT2D eigenvalue weighted by molar-refractivity contribution is 1.39. The zero-order valence-corrected chi connectivity index (χ0v) is 9.82. The highest BCUT2D eigenvalue weighted by Gasteiger charge is 1.98. The van der Waals surface area contributed by atoms with E-state index in [2.05, 4.69) is 51.6 Å². The third kappa shape index (κ3) is 3.00. The van der Waals surface area contributed by atoms with Crippen LogP contribution in [0.1, 0.15) is 23.6 Å². The van der Waals surface area contributed by atoms with Gasteiger partial charge in [0.25, 0.3) is 0 Å². The van der Waals surface area contributed by atoms with Crippen molar-refractivity contribution in [1.29, 1.82) is 0 Å². The number of rotatable bonds is 3. The predicted octanol–water partition coefficient (Wildman–Crippen LogP) is 4.59. The van der Waals surface area contributed by atoms with Gasteiger partial charge in [0.2, 0.25) is 0 Å². The Kier molecular flexibility index (Phi) is 3.90. The fraction of sp³-hybridized carbons (Fsp3) is 0.231. The van der Waals surface area contributed by atoms with Crippen LogP contribution < -0.4 is 0 Å². The van der Waals surface area contributed by atoms with E-state index in [1.807, 2.05) is 6.08 Å². The molecule has 0 amide bonds. The van der Waals surface area contributed by atoms with Crippen LogP contribution in [0.15, 0.2) is 42.5 Å². The van der Waals surface area contributed by atoms with Gasteiger partial charge in [-0.2, -0.15) is 0 Å². The summed E-state index contributed by atoms with van der Waals surface area (Å²) in [6, 6.07) is 4.28. The van der Waals surface area contributed by atoms with Crippen molar-refractivity contribution in [2.45, 2.75) is 20.8 Å². The molecule has 0 N–H and O–H groups in total. The molecule has 14 heavy (non-hydrogen) atoms. The highest BCUT2D eigenvalue weighted by atomic mass is 32.1. The number of thiophene rings is 1. The Morgan fingerprint density at radius 1 is 1.29 bits per heavy atom. The van der Waals surface area contributed by atoms with E-state index in [0.29, 0.717) is 0 Å². The fourth-order valence-corrected chi connectivity index (χ4v) is 1.99. The summed E-state index contributed by atoms with van der Waals surface area (Å²) >= 11 is 1.80. The number of allylic oxidation sites excluding steroid dienone is 5. The van der Waals surface area contributed by atoms with Crippen LogP contribution >= 0.6 is 11.3 Å². The summed E-state index contributed by atoms with van der Waals surface area (Å²) in [4.78, 5) is 2.62. The van der Waals surface area contributed by atoms with Gasteiger partial charge in [-0.15, -0.1) is 11.3 Å². The Hall–Kier alpha value is -1.08. The average Bonchev–Trinajstić information content (AvgIpc) is 2.53. The molecule has 0 bridgehead atoms. The molecule has 0 aromatic carbocycles. The molecular formula is C13H16S. The van der Waals surface area contributed by atoms with Crippen molar-refractivity contribution in [3.63, 3.8) is 0 Å². The van der Waals surface area contributed by atoms with Gasteiger partial charge in [-0.3, -0.25) is 0 Å².